The van der Waals surface area contributed by atoms with Crippen LogP contribution in [0.15, 0.2) is 0 Å². The molecule has 0 bridgehead atoms. The van der Waals surface area contributed by atoms with Gasteiger partial charge in [-0.3, -0.25) is 15.0 Å². The molecule has 1 aliphatic heterocycles. The van der Waals surface area contributed by atoms with Crippen LogP contribution in [0.4, 0.5) is 4.79 Å². The Balaban J connectivity index is 2.44. The van der Waals surface area contributed by atoms with E-state index in [1.54, 1.807) is 0 Å². The van der Waals surface area contributed by atoms with E-state index in [1.807, 2.05) is 13.8 Å². The first-order valence-corrected chi connectivity index (χ1v) is 8.05. The number of hydrogen-bond acceptors (Lipinski definition) is 4. The highest BCUT2D eigenvalue weighted by molar-refractivity contribution is 5.96. The Kier molecular flexibility index (Phi) is 7.67. The number of hydrogen-bond donors (Lipinski definition) is 3. The highest BCUT2D eigenvalue weighted by atomic mass is 16.2. The maximum atomic E-state index is 12.1. The van der Waals surface area contributed by atoms with Crippen LogP contribution in [-0.2, 0) is 4.79 Å². The summed E-state index contributed by atoms with van der Waals surface area (Å²) in [6.45, 7) is 11.4. The van der Waals surface area contributed by atoms with Gasteiger partial charge >= 0.3 is 6.03 Å². The molecule has 0 aromatic heterocycles. The summed E-state index contributed by atoms with van der Waals surface area (Å²) in [6.07, 6.45) is 2.18. The van der Waals surface area contributed by atoms with Crippen molar-refractivity contribution in [2.75, 3.05) is 26.2 Å². The minimum Gasteiger partial charge on any atom is -0.338 e. The number of carbonyl (C=O) groups is 2. The van der Waals surface area contributed by atoms with Crippen LogP contribution in [0, 0.1) is 5.92 Å². The van der Waals surface area contributed by atoms with E-state index in [2.05, 4.69) is 34.7 Å². The summed E-state index contributed by atoms with van der Waals surface area (Å²) < 4.78 is 0. The third kappa shape index (κ3) is 5.63. The zero-order chi connectivity index (χ0) is 15.8. The maximum Gasteiger partial charge on any atom is 0.321 e. The molecular weight excluding hydrogens is 268 g/mol. The lowest BCUT2D eigenvalue weighted by atomic mass is 9.92. The standard InChI is InChI=1S/C15H30N4O2/c1-5-8-17-13-7-9-19(10-11(13)3)12(4)14(20)18-15(21)16-6-2/h11-13,17H,5-10H2,1-4H3,(H2,16,18,20,21). The average molecular weight is 298 g/mol. The fourth-order valence-corrected chi connectivity index (χ4v) is 2.75. The molecule has 1 saturated heterocycles. The van der Waals surface area contributed by atoms with Crippen molar-refractivity contribution in [3.05, 3.63) is 0 Å². The molecule has 0 saturated carbocycles. The van der Waals surface area contributed by atoms with Gasteiger partial charge in [0.05, 0.1) is 6.04 Å². The van der Waals surface area contributed by atoms with Gasteiger partial charge in [0.2, 0.25) is 5.91 Å². The smallest absolute Gasteiger partial charge is 0.321 e. The fraction of sp³-hybridized carbons (Fsp3) is 0.867. The Morgan fingerprint density at radius 1 is 1.33 bits per heavy atom. The quantitative estimate of drug-likeness (QED) is 0.682. The predicted molar refractivity (Wildman–Crippen MR) is 84.1 cm³/mol. The first-order valence-electron chi connectivity index (χ1n) is 8.05. The number of nitrogens with one attached hydrogen (secondary N) is 3. The SMILES string of the molecule is CCCNC1CCN(C(C)C(=O)NC(=O)NCC)CC1C. The number of piperidine rings is 1. The summed E-state index contributed by atoms with van der Waals surface area (Å²) in [5.74, 6) is 0.276. The zero-order valence-electron chi connectivity index (χ0n) is 13.7. The van der Waals surface area contributed by atoms with Gasteiger partial charge in [-0.2, -0.15) is 0 Å². The number of likely N-dealkylation sites (tertiary alicyclic amines) is 1. The molecule has 6 heteroatoms. The minimum absolute atomic E-state index is 0.229. The number of nitrogens with zero attached hydrogens (tertiary/aromatic N) is 1. The molecule has 0 aliphatic carbocycles. The number of imide groups is 1. The molecule has 3 amide bonds. The lowest BCUT2D eigenvalue weighted by Gasteiger charge is -2.39. The molecule has 122 valence electrons. The lowest BCUT2D eigenvalue weighted by molar-refractivity contribution is -0.125. The topological polar surface area (TPSA) is 73.5 Å². The summed E-state index contributed by atoms with van der Waals surface area (Å²) in [7, 11) is 0. The number of carbonyl (C=O) groups excluding carboxylic acids is 2. The van der Waals surface area contributed by atoms with Crippen LogP contribution in [0.1, 0.15) is 40.5 Å². The predicted octanol–water partition coefficient (Wildman–Crippen LogP) is 0.931. The van der Waals surface area contributed by atoms with Crippen molar-refractivity contribution in [1.82, 2.24) is 20.9 Å². The molecule has 1 fully saturated rings. The van der Waals surface area contributed by atoms with Crippen molar-refractivity contribution in [3.63, 3.8) is 0 Å². The molecule has 3 unspecified atom stereocenters. The molecule has 1 heterocycles. The second-order valence-electron chi connectivity index (χ2n) is 5.85. The summed E-state index contributed by atoms with van der Waals surface area (Å²) in [4.78, 5) is 25.6. The molecular formula is C15H30N4O2. The van der Waals surface area contributed by atoms with Crippen LogP contribution in [0.2, 0.25) is 0 Å². The number of urea groups is 1. The third-order valence-electron chi connectivity index (χ3n) is 4.09. The molecule has 0 aromatic carbocycles. The average Bonchev–Trinajstić information content (AvgIpc) is 2.45. The molecule has 6 nitrogen and oxygen atoms in total. The summed E-state index contributed by atoms with van der Waals surface area (Å²) in [5, 5.41) is 8.53. The van der Waals surface area contributed by atoms with Crippen LogP contribution in [0.5, 0.6) is 0 Å². The van der Waals surface area contributed by atoms with Crippen molar-refractivity contribution in [1.29, 1.82) is 0 Å². The largest absolute Gasteiger partial charge is 0.338 e. The third-order valence-corrected chi connectivity index (χ3v) is 4.09. The van der Waals surface area contributed by atoms with E-state index < -0.39 is 6.03 Å². The first-order chi connectivity index (χ1) is 9.99. The number of amides is 3. The van der Waals surface area contributed by atoms with E-state index in [1.165, 1.54) is 0 Å². The Hall–Kier alpha value is -1.14. The van der Waals surface area contributed by atoms with Gasteiger partial charge in [0.1, 0.15) is 0 Å². The zero-order valence-corrected chi connectivity index (χ0v) is 13.7. The lowest BCUT2D eigenvalue weighted by Crippen LogP contribution is -2.55. The van der Waals surface area contributed by atoms with Crippen LogP contribution in [-0.4, -0.2) is 55.1 Å². The van der Waals surface area contributed by atoms with E-state index in [0.717, 1.165) is 32.5 Å². The van der Waals surface area contributed by atoms with Crippen molar-refractivity contribution in [3.8, 4) is 0 Å². The highest BCUT2D eigenvalue weighted by Crippen LogP contribution is 2.19. The van der Waals surface area contributed by atoms with E-state index in [4.69, 9.17) is 0 Å². The summed E-state index contributed by atoms with van der Waals surface area (Å²) in [6, 6.07) is -0.163. The molecule has 0 aromatic rings. The van der Waals surface area contributed by atoms with E-state index in [-0.39, 0.29) is 11.9 Å². The molecule has 0 spiro atoms. The van der Waals surface area contributed by atoms with Crippen molar-refractivity contribution < 1.29 is 9.59 Å². The molecule has 0 radical (unpaired) electrons. The molecule has 1 rings (SSSR count). The van der Waals surface area contributed by atoms with Crippen LogP contribution < -0.4 is 16.0 Å². The highest BCUT2D eigenvalue weighted by Gasteiger charge is 2.31. The van der Waals surface area contributed by atoms with Gasteiger partial charge in [0.15, 0.2) is 0 Å². The van der Waals surface area contributed by atoms with Gasteiger partial charge in [0.25, 0.3) is 0 Å². The van der Waals surface area contributed by atoms with Crippen LogP contribution in [0.25, 0.3) is 0 Å². The maximum absolute atomic E-state index is 12.1. The Bertz CT molecular complexity index is 349. The van der Waals surface area contributed by atoms with E-state index in [9.17, 15) is 9.59 Å². The van der Waals surface area contributed by atoms with Gasteiger partial charge in [0, 0.05) is 25.7 Å². The van der Waals surface area contributed by atoms with Gasteiger partial charge in [-0.25, -0.2) is 4.79 Å². The summed E-state index contributed by atoms with van der Waals surface area (Å²) in [5.41, 5.74) is 0. The Morgan fingerprint density at radius 2 is 2.05 bits per heavy atom. The second-order valence-corrected chi connectivity index (χ2v) is 5.85. The van der Waals surface area contributed by atoms with Gasteiger partial charge in [-0.1, -0.05) is 13.8 Å². The van der Waals surface area contributed by atoms with Crippen LogP contribution >= 0.6 is 0 Å². The monoisotopic (exact) mass is 298 g/mol. The fourth-order valence-electron chi connectivity index (χ4n) is 2.75. The second kappa shape index (κ2) is 9.00. The molecule has 21 heavy (non-hydrogen) atoms. The Morgan fingerprint density at radius 3 is 2.62 bits per heavy atom. The molecule has 3 N–H and O–H groups in total. The van der Waals surface area contributed by atoms with Gasteiger partial charge in [-0.15, -0.1) is 0 Å². The molecule has 1 aliphatic rings. The van der Waals surface area contributed by atoms with Gasteiger partial charge < -0.3 is 10.6 Å². The number of rotatable bonds is 6. The Labute approximate surface area is 128 Å². The van der Waals surface area contributed by atoms with Gasteiger partial charge in [-0.05, 0) is 39.2 Å². The van der Waals surface area contributed by atoms with E-state index in [0.29, 0.717) is 18.5 Å². The van der Waals surface area contributed by atoms with Crippen molar-refractivity contribution in [2.24, 2.45) is 5.92 Å². The summed E-state index contributed by atoms with van der Waals surface area (Å²) >= 11 is 0. The molecule has 3 atom stereocenters. The van der Waals surface area contributed by atoms with Crippen LogP contribution in [0.3, 0.4) is 0 Å². The normalized spacial score (nSPS) is 24.4. The van der Waals surface area contributed by atoms with Crippen molar-refractivity contribution >= 4 is 11.9 Å². The van der Waals surface area contributed by atoms with Crippen molar-refractivity contribution in [2.45, 2.75) is 52.6 Å². The first kappa shape index (κ1) is 17.9. The minimum atomic E-state index is -0.415. The van der Waals surface area contributed by atoms with E-state index >= 15 is 0 Å².